The fourth-order valence-electron chi connectivity index (χ4n) is 3.80. The van der Waals surface area contributed by atoms with Gasteiger partial charge >= 0.3 is 8.80 Å². The molecule has 3 nitrogen and oxygen atoms in total. The van der Waals surface area contributed by atoms with Crippen molar-refractivity contribution in [1.29, 1.82) is 0 Å². The molecule has 0 heterocycles. The van der Waals surface area contributed by atoms with Crippen molar-refractivity contribution in [3.8, 4) is 0 Å². The molecular formula is C22H48O3Si. The van der Waals surface area contributed by atoms with Crippen molar-refractivity contribution < 1.29 is 13.3 Å². The van der Waals surface area contributed by atoms with Gasteiger partial charge in [-0.2, -0.15) is 0 Å². The zero-order valence-corrected chi connectivity index (χ0v) is 20.2. The molecule has 0 aromatic carbocycles. The zero-order valence-electron chi connectivity index (χ0n) is 19.2. The van der Waals surface area contributed by atoms with Crippen molar-refractivity contribution in [3.63, 3.8) is 0 Å². The highest BCUT2D eigenvalue weighted by molar-refractivity contribution is 6.60. The SMILES string of the molecule is CCCCC(CC)(CCCC)O[Si](CCC)(OC)OC(C)(CC)CCC. The van der Waals surface area contributed by atoms with Gasteiger partial charge in [-0.15, -0.1) is 0 Å². The fourth-order valence-corrected chi connectivity index (χ4v) is 7.03. The van der Waals surface area contributed by atoms with Crippen LogP contribution in [-0.2, 0) is 13.3 Å². The molecule has 0 fully saturated rings. The highest BCUT2D eigenvalue weighted by Gasteiger charge is 2.50. The number of hydrogen-bond donors (Lipinski definition) is 0. The van der Waals surface area contributed by atoms with Gasteiger partial charge in [-0.05, 0) is 39.0 Å². The Morgan fingerprint density at radius 1 is 0.692 bits per heavy atom. The van der Waals surface area contributed by atoms with Crippen molar-refractivity contribution in [2.24, 2.45) is 0 Å². The summed E-state index contributed by atoms with van der Waals surface area (Å²) in [6, 6.07) is 0.906. The van der Waals surface area contributed by atoms with Gasteiger partial charge in [0.05, 0.1) is 11.2 Å². The lowest BCUT2D eigenvalue weighted by molar-refractivity contribution is -0.0799. The molecule has 0 bridgehead atoms. The molecule has 0 aromatic rings. The van der Waals surface area contributed by atoms with Crippen LogP contribution in [0.15, 0.2) is 0 Å². The van der Waals surface area contributed by atoms with E-state index in [1.165, 1.54) is 25.7 Å². The average Bonchev–Trinajstić information content (AvgIpc) is 2.64. The molecule has 0 aliphatic rings. The molecule has 0 aliphatic carbocycles. The summed E-state index contributed by atoms with van der Waals surface area (Å²) in [4.78, 5) is 0. The third kappa shape index (κ3) is 8.41. The van der Waals surface area contributed by atoms with E-state index in [1.807, 2.05) is 7.11 Å². The molecule has 2 unspecified atom stereocenters. The Morgan fingerprint density at radius 2 is 1.27 bits per heavy atom. The largest absolute Gasteiger partial charge is 0.501 e. The Kier molecular flexibility index (Phi) is 13.4. The predicted molar refractivity (Wildman–Crippen MR) is 116 cm³/mol. The molecule has 0 spiro atoms. The van der Waals surface area contributed by atoms with E-state index in [0.717, 1.165) is 51.0 Å². The summed E-state index contributed by atoms with van der Waals surface area (Å²) in [7, 11) is -0.910. The summed E-state index contributed by atoms with van der Waals surface area (Å²) < 4.78 is 20.0. The first-order valence-corrected chi connectivity index (χ1v) is 13.2. The molecule has 4 heteroatoms. The van der Waals surface area contributed by atoms with Crippen LogP contribution in [0.1, 0.15) is 119 Å². The summed E-state index contributed by atoms with van der Waals surface area (Å²) in [6.45, 7) is 15.7. The average molecular weight is 389 g/mol. The van der Waals surface area contributed by atoms with Gasteiger partial charge in [0.15, 0.2) is 0 Å². The van der Waals surface area contributed by atoms with Crippen LogP contribution in [0.3, 0.4) is 0 Å². The van der Waals surface area contributed by atoms with Gasteiger partial charge in [0.1, 0.15) is 0 Å². The molecule has 0 amide bonds. The van der Waals surface area contributed by atoms with Crippen molar-refractivity contribution in [1.82, 2.24) is 0 Å². The fraction of sp³-hybridized carbons (Fsp3) is 1.00. The minimum atomic E-state index is -2.72. The van der Waals surface area contributed by atoms with Gasteiger partial charge in [0, 0.05) is 13.2 Å². The first kappa shape index (κ1) is 26.1. The minimum Gasteiger partial charge on any atom is -0.377 e. The molecule has 0 saturated heterocycles. The highest BCUT2D eigenvalue weighted by Crippen LogP contribution is 2.38. The van der Waals surface area contributed by atoms with Crippen molar-refractivity contribution in [2.45, 2.75) is 136 Å². The van der Waals surface area contributed by atoms with Crippen LogP contribution >= 0.6 is 0 Å². The first-order chi connectivity index (χ1) is 12.3. The molecule has 26 heavy (non-hydrogen) atoms. The van der Waals surface area contributed by atoms with Crippen LogP contribution in [-0.4, -0.2) is 27.1 Å². The molecule has 0 rings (SSSR count). The standard InChI is InChI=1S/C22H48O3Si/c1-9-15-18-22(14-6,19-16-10-2)25-26(23-8,20-12-4)24-21(7,13-5)17-11-3/h9-20H2,1-8H3. The van der Waals surface area contributed by atoms with Crippen molar-refractivity contribution >= 4 is 8.80 Å². The molecule has 0 aliphatic heterocycles. The maximum absolute atomic E-state index is 7.01. The lowest BCUT2D eigenvalue weighted by atomic mass is 9.88. The lowest BCUT2D eigenvalue weighted by Gasteiger charge is -2.45. The molecule has 0 N–H and O–H groups in total. The van der Waals surface area contributed by atoms with Gasteiger partial charge in [-0.3, -0.25) is 0 Å². The molecule has 0 saturated carbocycles. The molecule has 0 radical (unpaired) electrons. The topological polar surface area (TPSA) is 27.7 Å². The zero-order chi connectivity index (χ0) is 20.1. The summed E-state index contributed by atoms with van der Waals surface area (Å²) in [5, 5.41) is 0. The minimum absolute atomic E-state index is 0.0930. The highest BCUT2D eigenvalue weighted by atomic mass is 28.4. The molecule has 158 valence electrons. The maximum atomic E-state index is 7.01. The van der Waals surface area contributed by atoms with Crippen LogP contribution < -0.4 is 0 Å². The van der Waals surface area contributed by atoms with Gasteiger partial charge in [-0.25, -0.2) is 0 Å². The third-order valence-electron chi connectivity index (χ3n) is 5.78. The van der Waals surface area contributed by atoms with Crippen LogP contribution in [0, 0.1) is 0 Å². The van der Waals surface area contributed by atoms with Crippen LogP contribution in [0.25, 0.3) is 0 Å². The van der Waals surface area contributed by atoms with Gasteiger partial charge in [0.2, 0.25) is 0 Å². The van der Waals surface area contributed by atoms with Crippen LogP contribution in [0.4, 0.5) is 0 Å². The van der Waals surface area contributed by atoms with Gasteiger partial charge < -0.3 is 13.3 Å². The first-order valence-electron chi connectivity index (χ1n) is 11.3. The number of rotatable bonds is 17. The van der Waals surface area contributed by atoms with Crippen molar-refractivity contribution in [3.05, 3.63) is 0 Å². The van der Waals surface area contributed by atoms with Crippen LogP contribution in [0.5, 0.6) is 0 Å². The lowest BCUT2D eigenvalue weighted by Crippen LogP contribution is -2.56. The Balaban J connectivity index is 5.68. The molecule has 0 aromatic heterocycles. The van der Waals surface area contributed by atoms with E-state index >= 15 is 0 Å². The smallest absolute Gasteiger partial charge is 0.377 e. The van der Waals surface area contributed by atoms with E-state index in [9.17, 15) is 0 Å². The summed E-state index contributed by atoms with van der Waals surface area (Å²) in [5.41, 5.74) is -0.245. The molecular weight excluding hydrogens is 340 g/mol. The Hall–Kier alpha value is 0.0969. The normalized spacial score (nSPS) is 17.1. The van der Waals surface area contributed by atoms with Gasteiger partial charge in [0.25, 0.3) is 0 Å². The van der Waals surface area contributed by atoms with Crippen molar-refractivity contribution in [2.75, 3.05) is 7.11 Å². The quantitative estimate of drug-likeness (QED) is 0.241. The molecule has 2 atom stereocenters. The van der Waals surface area contributed by atoms with E-state index < -0.39 is 8.80 Å². The van der Waals surface area contributed by atoms with Gasteiger partial charge in [-0.1, -0.05) is 80.1 Å². The van der Waals surface area contributed by atoms with E-state index in [4.69, 9.17) is 13.3 Å². The third-order valence-corrected chi connectivity index (χ3v) is 9.07. The van der Waals surface area contributed by atoms with E-state index in [-0.39, 0.29) is 11.2 Å². The second-order valence-corrected chi connectivity index (χ2v) is 10.8. The van der Waals surface area contributed by atoms with Crippen LogP contribution in [0.2, 0.25) is 6.04 Å². The monoisotopic (exact) mass is 388 g/mol. The van der Waals surface area contributed by atoms with E-state index in [1.54, 1.807) is 0 Å². The summed E-state index contributed by atoms with van der Waals surface area (Å²) in [6.07, 6.45) is 12.3. The number of unbranched alkanes of at least 4 members (excludes halogenated alkanes) is 2. The Labute approximate surface area is 165 Å². The summed E-state index contributed by atoms with van der Waals surface area (Å²) >= 11 is 0. The number of hydrogen-bond acceptors (Lipinski definition) is 3. The summed E-state index contributed by atoms with van der Waals surface area (Å²) in [5.74, 6) is 0. The predicted octanol–water partition coefficient (Wildman–Crippen LogP) is 7.51. The van der Waals surface area contributed by atoms with E-state index in [0.29, 0.717) is 0 Å². The second kappa shape index (κ2) is 13.3. The van der Waals surface area contributed by atoms with E-state index in [2.05, 4.69) is 48.5 Å². The Morgan fingerprint density at radius 3 is 1.62 bits per heavy atom. The maximum Gasteiger partial charge on any atom is 0.501 e. The Bertz CT molecular complexity index is 342. The second-order valence-electron chi connectivity index (χ2n) is 8.14.